The van der Waals surface area contributed by atoms with Crippen LogP contribution < -0.4 is 20.9 Å². The third-order valence-electron chi connectivity index (χ3n) is 5.29. The van der Waals surface area contributed by atoms with E-state index in [1.807, 2.05) is 18.2 Å². The lowest BCUT2D eigenvalue weighted by molar-refractivity contribution is 0.263. The van der Waals surface area contributed by atoms with Crippen molar-refractivity contribution in [2.75, 3.05) is 24.4 Å². The zero-order valence-corrected chi connectivity index (χ0v) is 17.0. The summed E-state index contributed by atoms with van der Waals surface area (Å²) >= 11 is 6.26. The van der Waals surface area contributed by atoms with Gasteiger partial charge in [-0.1, -0.05) is 11.6 Å². The molecule has 0 bridgehead atoms. The van der Waals surface area contributed by atoms with E-state index in [9.17, 15) is 9.90 Å². The summed E-state index contributed by atoms with van der Waals surface area (Å²) in [5, 5.41) is 17.7. The van der Waals surface area contributed by atoms with E-state index in [1.165, 1.54) is 6.20 Å². The standard InChI is InChI=1S/C21H23ClN4O3/c1-26-19-6-5-13(24-17-8-20(29-2)23-10-15(17)22)7-14(19)16(9-21(26)28)25-18(11-27)12-3-4-12/h5-10,12,18,25,27H,3-4,11H2,1-2H3,(H,23,24)/t18-/m1/s1. The summed E-state index contributed by atoms with van der Waals surface area (Å²) in [6.07, 6.45) is 3.72. The highest BCUT2D eigenvalue weighted by atomic mass is 35.5. The Morgan fingerprint density at radius 2 is 2.10 bits per heavy atom. The van der Waals surface area contributed by atoms with Gasteiger partial charge in [0.25, 0.3) is 5.56 Å². The van der Waals surface area contributed by atoms with Crippen LogP contribution in [0.4, 0.5) is 17.1 Å². The van der Waals surface area contributed by atoms with Gasteiger partial charge in [-0.3, -0.25) is 4.79 Å². The van der Waals surface area contributed by atoms with Crippen molar-refractivity contribution in [1.82, 2.24) is 9.55 Å². The number of halogens is 1. The Morgan fingerprint density at radius 3 is 2.79 bits per heavy atom. The van der Waals surface area contributed by atoms with Crippen LogP contribution in [0, 0.1) is 5.92 Å². The van der Waals surface area contributed by atoms with Crippen molar-refractivity contribution in [2.24, 2.45) is 13.0 Å². The molecule has 0 saturated heterocycles. The van der Waals surface area contributed by atoms with Crippen molar-refractivity contribution in [1.29, 1.82) is 0 Å². The molecule has 0 spiro atoms. The fourth-order valence-electron chi connectivity index (χ4n) is 3.45. The zero-order chi connectivity index (χ0) is 20.5. The van der Waals surface area contributed by atoms with Gasteiger partial charge in [-0.2, -0.15) is 0 Å². The number of aryl methyl sites for hydroxylation is 1. The average Bonchev–Trinajstić information content (AvgIpc) is 3.56. The molecular formula is C21H23ClN4O3. The average molecular weight is 415 g/mol. The van der Waals surface area contributed by atoms with Gasteiger partial charge < -0.3 is 25.0 Å². The Hall–Kier alpha value is -2.77. The largest absolute Gasteiger partial charge is 0.481 e. The van der Waals surface area contributed by atoms with E-state index < -0.39 is 0 Å². The normalized spacial score (nSPS) is 14.6. The number of benzene rings is 1. The molecule has 1 atom stereocenters. The van der Waals surface area contributed by atoms with Crippen molar-refractivity contribution in [3.8, 4) is 5.88 Å². The van der Waals surface area contributed by atoms with E-state index in [-0.39, 0.29) is 18.2 Å². The molecule has 3 N–H and O–H groups in total. The Morgan fingerprint density at radius 1 is 1.31 bits per heavy atom. The lowest BCUT2D eigenvalue weighted by Gasteiger charge is -2.20. The van der Waals surface area contributed by atoms with Gasteiger partial charge in [0, 0.05) is 35.9 Å². The van der Waals surface area contributed by atoms with Gasteiger partial charge in [-0.25, -0.2) is 4.98 Å². The highest BCUT2D eigenvalue weighted by Gasteiger charge is 2.31. The van der Waals surface area contributed by atoms with Gasteiger partial charge in [0.15, 0.2) is 0 Å². The first kappa shape index (κ1) is 19.5. The molecule has 0 radical (unpaired) electrons. The highest BCUT2D eigenvalue weighted by Crippen LogP contribution is 2.36. The van der Waals surface area contributed by atoms with Crippen LogP contribution in [0.2, 0.25) is 5.02 Å². The van der Waals surface area contributed by atoms with Crippen LogP contribution in [0.1, 0.15) is 12.8 Å². The number of hydrogen-bond donors (Lipinski definition) is 3. The second-order valence-electron chi connectivity index (χ2n) is 7.29. The minimum absolute atomic E-state index is 0.0335. The van der Waals surface area contributed by atoms with Crippen molar-refractivity contribution < 1.29 is 9.84 Å². The second kappa shape index (κ2) is 7.93. The number of methoxy groups -OCH3 is 1. The molecule has 1 saturated carbocycles. The molecule has 8 heteroatoms. The number of fused-ring (bicyclic) bond motifs is 1. The summed E-state index contributed by atoms with van der Waals surface area (Å²) in [6, 6.07) is 8.99. The number of nitrogens with zero attached hydrogens (tertiary/aromatic N) is 2. The minimum Gasteiger partial charge on any atom is -0.481 e. The van der Waals surface area contributed by atoms with Gasteiger partial charge in [0.1, 0.15) is 0 Å². The van der Waals surface area contributed by atoms with Crippen LogP contribution in [0.25, 0.3) is 10.9 Å². The summed E-state index contributed by atoms with van der Waals surface area (Å²) in [5.41, 5.74) is 2.90. The first-order valence-corrected chi connectivity index (χ1v) is 9.85. The smallest absolute Gasteiger partial charge is 0.252 e. The number of pyridine rings is 2. The van der Waals surface area contributed by atoms with Crippen molar-refractivity contribution in [3.63, 3.8) is 0 Å². The number of aliphatic hydroxyl groups is 1. The molecule has 0 unspecified atom stereocenters. The monoisotopic (exact) mass is 414 g/mol. The maximum atomic E-state index is 12.4. The van der Waals surface area contributed by atoms with Gasteiger partial charge >= 0.3 is 0 Å². The fraction of sp³-hybridized carbons (Fsp3) is 0.333. The van der Waals surface area contributed by atoms with Gasteiger partial charge in [-0.15, -0.1) is 0 Å². The van der Waals surface area contributed by atoms with Crippen molar-refractivity contribution in [3.05, 3.63) is 51.9 Å². The lowest BCUT2D eigenvalue weighted by Crippen LogP contribution is -2.27. The quantitative estimate of drug-likeness (QED) is 0.548. The van der Waals surface area contributed by atoms with Crippen molar-refractivity contribution >= 4 is 39.6 Å². The van der Waals surface area contributed by atoms with E-state index >= 15 is 0 Å². The molecular weight excluding hydrogens is 392 g/mol. The van der Waals surface area contributed by atoms with Crippen LogP contribution in [0.5, 0.6) is 5.88 Å². The van der Waals surface area contributed by atoms with Crippen LogP contribution in [0.15, 0.2) is 41.3 Å². The number of nitrogens with one attached hydrogen (secondary N) is 2. The van der Waals surface area contributed by atoms with Crippen LogP contribution in [-0.2, 0) is 7.05 Å². The third-order valence-corrected chi connectivity index (χ3v) is 5.59. The Bertz CT molecular complexity index is 1110. The molecule has 3 aromatic rings. The van der Waals surface area contributed by atoms with E-state index in [0.29, 0.717) is 22.5 Å². The molecule has 1 aromatic carbocycles. The van der Waals surface area contributed by atoms with Gasteiger partial charge in [0.2, 0.25) is 5.88 Å². The molecule has 1 aliphatic carbocycles. The van der Waals surface area contributed by atoms with Gasteiger partial charge in [-0.05, 0) is 37.0 Å². The molecule has 0 amide bonds. The Labute approximate surface area is 173 Å². The first-order valence-electron chi connectivity index (χ1n) is 9.48. The number of hydrogen-bond acceptors (Lipinski definition) is 6. The maximum absolute atomic E-state index is 12.4. The number of anilines is 3. The molecule has 2 aromatic heterocycles. The number of ether oxygens (including phenoxy) is 1. The minimum atomic E-state index is -0.102. The molecule has 2 heterocycles. The van der Waals surface area contributed by atoms with E-state index in [0.717, 1.165) is 35.1 Å². The second-order valence-corrected chi connectivity index (χ2v) is 7.70. The molecule has 1 aliphatic rings. The van der Waals surface area contributed by atoms with Gasteiger partial charge in [0.05, 0.1) is 42.2 Å². The molecule has 0 aliphatic heterocycles. The molecule has 29 heavy (non-hydrogen) atoms. The Balaban J connectivity index is 1.74. The summed E-state index contributed by atoms with van der Waals surface area (Å²) in [6.45, 7) is 0.0335. The first-order chi connectivity index (χ1) is 14.0. The topological polar surface area (TPSA) is 88.4 Å². The van der Waals surface area contributed by atoms with E-state index in [1.54, 1.807) is 30.9 Å². The number of aliphatic hydroxyl groups excluding tert-OH is 1. The summed E-state index contributed by atoms with van der Waals surface area (Å²) in [5.74, 6) is 0.904. The third kappa shape index (κ3) is 4.02. The number of aromatic nitrogens is 2. The fourth-order valence-corrected chi connectivity index (χ4v) is 3.60. The SMILES string of the molecule is COc1cc(Nc2ccc3c(c2)c(N[C@H](CO)C2CC2)cc(=O)n3C)c(Cl)cn1. The van der Waals surface area contributed by atoms with Crippen molar-refractivity contribution in [2.45, 2.75) is 18.9 Å². The summed E-state index contributed by atoms with van der Waals surface area (Å²) < 4.78 is 6.78. The lowest BCUT2D eigenvalue weighted by atomic mass is 10.1. The molecule has 7 nitrogen and oxygen atoms in total. The molecule has 1 fully saturated rings. The maximum Gasteiger partial charge on any atom is 0.252 e. The Kier molecular flexibility index (Phi) is 5.34. The van der Waals surface area contributed by atoms with Crippen LogP contribution in [0.3, 0.4) is 0 Å². The highest BCUT2D eigenvalue weighted by molar-refractivity contribution is 6.33. The van der Waals surface area contributed by atoms with Crippen LogP contribution in [-0.4, -0.2) is 34.4 Å². The predicted molar refractivity (Wildman–Crippen MR) is 115 cm³/mol. The van der Waals surface area contributed by atoms with E-state index in [2.05, 4.69) is 15.6 Å². The predicted octanol–water partition coefficient (Wildman–Crippen LogP) is 3.52. The van der Waals surface area contributed by atoms with E-state index in [4.69, 9.17) is 16.3 Å². The number of rotatable bonds is 7. The molecule has 4 rings (SSSR count). The van der Waals surface area contributed by atoms with Crippen LogP contribution >= 0.6 is 11.6 Å². The molecule has 152 valence electrons. The summed E-state index contributed by atoms with van der Waals surface area (Å²) in [4.78, 5) is 16.5. The zero-order valence-electron chi connectivity index (χ0n) is 16.3. The summed E-state index contributed by atoms with van der Waals surface area (Å²) in [7, 11) is 3.29.